The van der Waals surface area contributed by atoms with E-state index in [9.17, 15) is 14.7 Å². The van der Waals surface area contributed by atoms with Crippen molar-refractivity contribution in [3.63, 3.8) is 0 Å². The van der Waals surface area contributed by atoms with Crippen LogP contribution in [0.15, 0.2) is 72.6 Å². The average Bonchev–Trinajstić information content (AvgIpc) is 3.21. The van der Waals surface area contributed by atoms with Crippen LogP contribution in [0.3, 0.4) is 0 Å². The first kappa shape index (κ1) is 31.1. The summed E-state index contributed by atoms with van der Waals surface area (Å²) < 4.78 is 0. The van der Waals surface area contributed by atoms with Gasteiger partial charge in [0.25, 0.3) is 0 Å². The molecule has 1 radical (unpaired) electrons. The number of rotatable bonds is 6. The fourth-order valence-electron chi connectivity index (χ4n) is 4.77. The van der Waals surface area contributed by atoms with Gasteiger partial charge >= 0.3 is 0 Å². The summed E-state index contributed by atoms with van der Waals surface area (Å²) in [5.41, 5.74) is 7.69. The molecule has 1 aromatic heterocycles. The zero-order valence-electron chi connectivity index (χ0n) is 24.0. The van der Waals surface area contributed by atoms with Crippen LogP contribution in [0.4, 0.5) is 0 Å². The fourth-order valence-corrected chi connectivity index (χ4v) is 4.77. The molecule has 0 saturated heterocycles. The Balaban J connectivity index is 0.000000272. The number of aliphatic hydroxyl groups excluding tert-OH is 1. The number of pyridine rings is 1. The normalized spacial score (nSPS) is 13.4. The van der Waals surface area contributed by atoms with Gasteiger partial charge in [-0.3, -0.25) is 9.59 Å². The Bertz CT molecular complexity index is 1570. The summed E-state index contributed by atoms with van der Waals surface area (Å²) in [4.78, 5) is 28.8. The number of hydrogen-bond donors (Lipinski definition) is 1. The van der Waals surface area contributed by atoms with Gasteiger partial charge in [0.15, 0.2) is 11.6 Å². The SMILES string of the molecule is CCC(C)C(=O)/C=C(\O)C(C)CC.Cc1[c-]c(-c2nccc3cc4c(cc23)C(=O)c2ccccc2-4)cc(C)c1.[Ir]. The number of aryl methyl sites for hydroxylation is 2. The van der Waals surface area contributed by atoms with Crippen LogP contribution in [-0.4, -0.2) is 21.7 Å². The smallest absolute Gasteiger partial charge is 0.194 e. The first-order valence-electron chi connectivity index (χ1n) is 13.7. The maximum Gasteiger partial charge on any atom is 0.194 e. The van der Waals surface area contributed by atoms with Crippen molar-refractivity contribution < 1.29 is 34.8 Å². The molecule has 1 aliphatic carbocycles. The first-order chi connectivity index (χ1) is 18.6. The van der Waals surface area contributed by atoms with Gasteiger partial charge in [-0.15, -0.1) is 34.9 Å². The van der Waals surface area contributed by atoms with E-state index in [1.165, 1.54) is 11.6 Å². The number of benzene rings is 3. The van der Waals surface area contributed by atoms with Gasteiger partial charge in [-0.2, -0.15) is 0 Å². The number of aliphatic hydroxyl groups is 1. The van der Waals surface area contributed by atoms with Gasteiger partial charge in [-0.05, 0) is 58.6 Å². The van der Waals surface area contributed by atoms with Gasteiger partial charge in [-0.25, -0.2) is 0 Å². The minimum Gasteiger partial charge on any atom is -0.512 e. The zero-order chi connectivity index (χ0) is 28.3. The molecule has 0 aliphatic heterocycles. The molecular weight excluding hydrogens is 675 g/mol. The summed E-state index contributed by atoms with van der Waals surface area (Å²) in [5.74, 6) is 0.448. The molecule has 1 aliphatic rings. The summed E-state index contributed by atoms with van der Waals surface area (Å²) in [7, 11) is 0. The molecule has 0 bridgehead atoms. The van der Waals surface area contributed by atoms with E-state index in [0.717, 1.165) is 62.7 Å². The third-order valence-corrected chi connectivity index (χ3v) is 7.52. The predicted molar refractivity (Wildman–Crippen MR) is 159 cm³/mol. The zero-order valence-corrected chi connectivity index (χ0v) is 26.4. The molecule has 1 heterocycles. The van der Waals surface area contributed by atoms with E-state index in [2.05, 4.69) is 36.2 Å². The monoisotopic (exact) mass is 711 g/mol. The second-order valence-electron chi connectivity index (χ2n) is 10.5. The molecule has 209 valence electrons. The molecule has 0 spiro atoms. The maximum absolute atomic E-state index is 12.9. The quantitative estimate of drug-likeness (QED) is 0.109. The van der Waals surface area contributed by atoms with E-state index in [-0.39, 0.29) is 49.3 Å². The fraction of sp³-hybridized carbons (Fsp3) is 0.286. The van der Waals surface area contributed by atoms with Crippen LogP contribution in [0.5, 0.6) is 0 Å². The van der Waals surface area contributed by atoms with Crippen LogP contribution in [0.25, 0.3) is 33.2 Å². The van der Waals surface area contributed by atoms with Gasteiger partial charge in [0.2, 0.25) is 0 Å². The van der Waals surface area contributed by atoms with Crippen molar-refractivity contribution in [2.24, 2.45) is 11.8 Å². The van der Waals surface area contributed by atoms with Crippen LogP contribution in [0, 0.1) is 31.7 Å². The second-order valence-corrected chi connectivity index (χ2v) is 10.5. The Hall–Kier alpha value is -3.40. The summed E-state index contributed by atoms with van der Waals surface area (Å²) in [6, 6.07) is 21.5. The molecule has 0 amide bonds. The molecule has 0 saturated carbocycles. The number of carbonyl (C=O) groups excluding carboxylic acids is 2. The predicted octanol–water partition coefficient (Wildman–Crippen LogP) is 8.62. The standard InChI is InChI=1S/C24H16NO.C11H20O2.Ir/c1-14-9-15(2)11-17(10-14)23-20-13-22-21(12-16(20)7-8-25-23)18-5-3-4-6-19(18)24(22)26;1-5-8(3)10(12)7-11(13)9(4)6-2;/h3-10,12-13H,1-2H3;7-9,12H,5-6H2,1-4H3;/q-1;;/b;10-7-;. The van der Waals surface area contributed by atoms with Crippen LogP contribution in [0.1, 0.15) is 67.6 Å². The third kappa shape index (κ3) is 6.49. The van der Waals surface area contributed by atoms with Gasteiger partial charge in [-0.1, -0.05) is 65.8 Å². The van der Waals surface area contributed by atoms with Crippen molar-refractivity contribution in [1.82, 2.24) is 4.98 Å². The third-order valence-electron chi connectivity index (χ3n) is 7.52. The average molecular weight is 711 g/mol. The summed E-state index contributed by atoms with van der Waals surface area (Å²) >= 11 is 0. The maximum atomic E-state index is 12.9. The molecule has 0 fully saturated rings. The molecule has 4 nitrogen and oxygen atoms in total. The molecule has 40 heavy (non-hydrogen) atoms. The van der Waals surface area contributed by atoms with E-state index in [1.54, 1.807) is 0 Å². The van der Waals surface area contributed by atoms with Crippen LogP contribution >= 0.6 is 0 Å². The Morgan fingerprint density at radius 1 is 0.925 bits per heavy atom. The van der Waals surface area contributed by atoms with Crippen molar-refractivity contribution in [3.8, 4) is 22.4 Å². The van der Waals surface area contributed by atoms with E-state index in [1.807, 2.05) is 77.2 Å². The summed E-state index contributed by atoms with van der Waals surface area (Å²) in [6.07, 6.45) is 4.89. The van der Waals surface area contributed by atoms with Crippen LogP contribution in [-0.2, 0) is 24.9 Å². The Morgan fingerprint density at radius 3 is 2.25 bits per heavy atom. The van der Waals surface area contributed by atoms with E-state index >= 15 is 0 Å². The second kappa shape index (κ2) is 13.3. The molecule has 3 aromatic carbocycles. The molecule has 1 N–H and O–H groups in total. The Morgan fingerprint density at radius 2 is 1.60 bits per heavy atom. The molecule has 2 unspecified atom stereocenters. The van der Waals surface area contributed by atoms with Gasteiger partial charge in [0.1, 0.15) is 0 Å². The van der Waals surface area contributed by atoms with Gasteiger partial charge in [0, 0.05) is 55.3 Å². The van der Waals surface area contributed by atoms with E-state index in [0.29, 0.717) is 0 Å². The number of nitrogens with zero attached hydrogens (tertiary/aromatic N) is 1. The number of hydrogen-bond acceptors (Lipinski definition) is 4. The van der Waals surface area contributed by atoms with Crippen molar-refractivity contribution in [1.29, 1.82) is 0 Å². The molecule has 4 aromatic rings. The Labute approximate surface area is 250 Å². The number of allylic oxidation sites excluding steroid dienone is 2. The number of fused-ring (bicyclic) bond motifs is 4. The topological polar surface area (TPSA) is 67.3 Å². The minimum absolute atomic E-state index is 0. The first-order valence-corrected chi connectivity index (χ1v) is 13.7. The van der Waals surface area contributed by atoms with Crippen molar-refractivity contribution in [2.45, 2.75) is 54.4 Å². The Kier molecular flexibility index (Phi) is 10.4. The van der Waals surface area contributed by atoms with Crippen molar-refractivity contribution in [2.75, 3.05) is 0 Å². The minimum atomic E-state index is 0. The van der Waals surface area contributed by atoms with Gasteiger partial charge in [0.05, 0.1) is 5.76 Å². The number of carbonyl (C=O) groups is 2. The molecular formula is C35H36IrNO3-. The van der Waals surface area contributed by atoms with Crippen LogP contribution in [0.2, 0.25) is 0 Å². The van der Waals surface area contributed by atoms with Gasteiger partial charge < -0.3 is 10.1 Å². The van der Waals surface area contributed by atoms with E-state index < -0.39 is 0 Å². The molecule has 2 atom stereocenters. The summed E-state index contributed by atoms with van der Waals surface area (Å²) in [6.45, 7) is 11.9. The number of aromatic nitrogens is 1. The van der Waals surface area contributed by atoms with Crippen LogP contribution < -0.4 is 0 Å². The summed E-state index contributed by atoms with van der Waals surface area (Å²) in [5, 5.41) is 11.6. The van der Waals surface area contributed by atoms with E-state index in [4.69, 9.17) is 0 Å². The van der Waals surface area contributed by atoms with Crippen molar-refractivity contribution >= 4 is 22.3 Å². The number of ketones is 2. The molecule has 5 heteroatoms. The molecule has 5 rings (SSSR count). The largest absolute Gasteiger partial charge is 0.512 e. The van der Waals surface area contributed by atoms with Crippen molar-refractivity contribution in [3.05, 3.63) is 101 Å².